The molecule has 0 fully saturated rings. The van der Waals surface area contributed by atoms with Crippen LogP contribution >= 0.6 is 11.6 Å². The van der Waals surface area contributed by atoms with Gasteiger partial charge in [-0.05, 0) is 39.8 Å². The summed E-state index contributed by atoms with van der Waals surface area (Å²) in [7, 11) is 1.83. The molecule has 1 aromatic rings. The molecular formula is C18H29ClN4O2. The number of halogens is 1. The second kappa shape index (κ2) is 10.1. The predicted molar refractivity (Wildman–Crippen MR) is 103 cm³/mol. The molecule has 0 radical (unpaired) electrons. The largest absolute Gasteiger partial charge is 0.490 e. The fraction of sp³-hybridized carbons (Fsp3) is 0.556. The lowest BCUT2D eigenvalue weighted by atomic mass is 10.1. The maximum atomic E-state index is 12.1. The number of hydrogen-bond acceptors (Lipinski definition) is 3. The van der Waals surface area contributed by atoms with Gasteiger partial charge in [0.05, 0.1) is 18.1 Å². The number of nitrogens with one attached hydrogen (secondary N) is 2. The number of likely N-dealkylation sites (N-methyl/N-ethyl adjacent to an activating group) is 1. The van der Waals surface area contributed by atoms with Crippen molar-refractivity contribution in [3.8, 4) is 5.75 Å². The third kappa shape index (κ3) is 8.63. The Balaban J connectivity index is 2.55. The Bertz CT molecular complexity index is 585. The summed E-state index contributed by atoms with van der Waals surface area (Å²) in [4.78, 5) is 18.3. The minimum atomic E-state index is -0.254. The van der Waals surface area contributed by atoms with Crippen molar-refractivity contribution in [3.63, 3.8) is 0 Å². The quantitative estimate of drug-likeness (QED) is 0.441. The van der Waals surface area contributed by atoms with Crippen molar-refractivity contribution < 1.29 is 9.53 Å². The first-order valence-electron chi connectivity index (χ1n) is 8.40. The van der Waals surface area contributed by atoms with Crippen molar-refractivity contribution in [2.24, 2.45) is 4.99 Å². The van der Waals surface area contributed by atoms with Crippen molar-refractivity contribution in [2.75, 3.05) is 33.3 Å². The number of guanidine groups is 1. The van der Waals surface area contributed by atoms with Crippen LogP contribution in [-0.4, -0.2) is 55.6 Å². The highest BCUT2D eigenvalue weighted by Gasteiger charge is 2.16. The number of ether oxygens (including phenoxy) is 1. The maximum absolute atomic E-state index is 12.1. The van der Waals surface area contributed by atoms with E-state index in [1.807, 2.05) is 52.9 Å². The Labute approximate surface area is 155 Å². The number of carbonyl (C=O) groups is 1. The Kier molecular flexibility index (Phi) is 8.55. The van der Waals surface area contributed by atoms with Gasteiger partial charge in [-0.15, -0.1) is 0 Å². The molecule has 0 aliphatic carbocycles. The minimum absolute atomic E-state index is 0.0482. The number of carbonyl (C=O) groups excluding carboxylic acids is 1. The van der Waals surface area contributed by atoms with Crippen LogP contribution in [0.5, 0.6) is 5.75 Å². The molecule has 25 heavy (non-hydrogen) atoms. The van der Waals surface area contributed by atoms with E-state index in [1.165, 1.54) is 0 Å². The van der Waals surface area contributed by atoms with Gasteiger partial charge in [0.2, 0.25) is 5.91 Å². The van der Waals surface area contributed by atoms with Crippen molar-refractivity contribution >= 4 is 23.5 Å². The van der Waals surface area contributed by atoms with Gasteiger partial charge in [-0.3, -0.25) is 4.79 Å². The van der Waals surface area contributed by atoms with E-state index in [9.17, 15) is 4.79 Å². The van der Waals surface area contributed by atoms with Gasteiger partial charge in [0.25, 0.3) is 0 Å². The van der Waals surface area contributed by atoms with E-state index >= 15 is 0 Å². The summed E-state index contributed by atoms with van der Waals surface area (Å²) in [6, 6.07) is 7.33. The topological polar surface area (TPSA) is 66.0 Å². The summed E-state index contributed by atoms with van der Waals surface area (Å²) in [5, 5.41) is 6.69. The maximum Gasteiger partial charge on any atom is 0.240 e. The first-order chi connectivity index (χ1) is 11.7. The standard InChI is InChI=1S/C18H29ClN4O2/c1-6-20-17(23(5)13-16(24)22-18(2,3)4)21-11-12-25-15-10-8-7-9-14(15)19/h7-10H,6,11-13H2,1-5H3,(H,20,21)(H,22,24). The molecule has 0 aliphatic heterocycles. The number of hydrogen-bond donors (Lipinski definition) is 2. The molecule has 2 N–H and O–H groups in total. The third-order valence-electron chi connectivity index (χ3n) is 3.04. The van der Waals surface area contributed by atoms with E-state index in [0.717, 1.165) is 6.54 Å². The average Bonchev–Trinajstić information content (AvgIpc) is 2.49. The van der Waals surface area contributed by atoms with Gasteiger partial charge in [-0.25, -0.2) is 4.99 Å². The molecule has 0 spiro atoms. The van der Waals surface area contributed by atoms with Gasteiger partial charge in [-0.1, -0.05) is 23.7 Å². The number of amides is 1. The number of nitrogens with zero attached hydrogens (tertiary/aromatic N) is 2. The fourth-order valence-electron chi connectivity index (χ4n) is 2.09. The van der Waals surface area contributed by atoms with Crippen LogP contribution in [0.1, 0.15) is 27.7 Å². The fourth-order valence-corrected chi connectivity index (χ4v) is 2.28. The van der Waals surface area contributed by atoms with E-state index in [2.05, 4.69) is 15.6 Å². The van der Waals surface area contributed by atoms with E-state index in [1.54, 1.807) is 11.0 Å². The molecule has 0 aliphatic rings. The third-order valence-corrected chi connectivity index (χ3v) is 3.35. The summed E-state index contributed by atoms with van der Waals surface area (Å²) in [6.07, 6.45) is 0. The van der Waals surface area contributed by atoms with Gasteiger partial charge >= 0.3 is 0 Å². The van der Waals surface area contributed by atoms with Crippen LogP contribution in [-0.2, 0) is 4.79 Å². The number of aliphatic imine (C=N–C) groups is 1. The van der Waals surface area contributed by atoms with Crippen LogP contribution in [0.2, 0.25) is 5.02 Å². The molecule has 0 heterocycles. The number of rotatable bonds is 7. The van der Waals surface area contributed by atoms with Crippen molar-refractivity contribution in [3.05, 3.63) is 29.3 Å². The second-order valence-electron chi connectivity index (χ2n) is 6.67. The highest BCUT2D eigenvalue weighted by Crippen LogP contribution is 2.22. The minimum Gasteiger partial charge on any atom is -0.490 e. The number of benzene rings is 1. The van der Waals surface area contributed by atoms with E-state index in [4.69, 9.17) is 16.3 Å². The molecule has 7 heteroatoms. The highest BCUT2D eigenvalue weighted by molar-refractivity contribution is 6.32. The molecule has 1 rings (SSSR count). The zero-order valence-electron chi connectivity index (χ0n) is 15.7. The Morgan fingerprint density at radius 1 is 1.32 bits per heavy atom. The molecule has 140 valence electrons. The summed E-state index contributed by atoms with van der Waals surface area (Å²) in [5.41, 5.74) is -0.254. The molecule has 1 amide bonds. The Hall–Kier alpha value is -1.95. The molecule has 0 saturated carbocycles. The van der Waals surface area contributed by atoms with Crippen LogP contribution < -0.4 is 15.4 Å². The lowest BCUT2D eigenvalue weighted by molar-refractivity contribution is -0.122. The molecule has 1 aromatic carbocycles. The van der Waals surface area contributed by atoms with Gasteiger partial charge in [0.15, 0.2) is 5.96 Å². The second-order valence-corrected chi connectivity index (χ2v) is 7.08. The average molecular weight is 369 g/mol. The van der Waals surface area contributed by atoms with Crippen LogP contribution in [0.3, 0.4) is 0 Å². The van der Waals surface area contributed by atoms with Crippen LogP contribution in [0.15, 0.2) is 29.3 Å². The zero-order chi connectivity index (χ0) is 18.9. The lowest BCUT2D eigenvalue weighted by Gasteiger charge is -2.25. The Morgan fingerprint density at radius 2 is 2.00 bits per heavy atom. The van der Waals surface area contributed by atoms with E-state index < -0.39 is 0 Å². The van der Waals surface area contributed by atoms with Crippen LogP contribution in [0.4, 0.5) is 0 Å². The van der Waals surface area contributed by atoms with Crippen molar-refractivity contribution in [2.45, 2.75) is 33.2 Å². The van der Waals surface area contributed by atoms with Gasteiger partial charge in [0.1, 0.15) is 12.4 Å². The first kappa shape index (κ1) is 21.1. The molecule has 0 unspecified atom stereocenters. The zero-order valence-corrected chi connectivity index (χ0v) is 16.5. The predicted octanol–water partition coefficient (Wildman–Crippen LogP) is 2.53. The first-order valence-corrected chi connectivity index (χ1v) is 8.78. The highest BCUT2D eigenvalue weighted by atomic mass is 35.5. The summed E-state index contributed by atoms with van der Waals surface area (Å²) < 4.78 is 5.63. The van der Waals surface area contributed by atoms with Gasteiger partial charge in [-0.2, -0.15) is 0 Å². The molecule has 0 saturated heterocycles. The molecule has 0 bridgehead atoms. The normalized spacial score (nSPS) is 11.8. The molecule has 0 atom stereocenters. The van der Waals surface area contributed by atoms with E-state index in [-0.39, 0.29) is 18.0 Å². The smallest absolute Gasteiger partial charge is 0.240 e. The molecule has 6 nitrogen and oxygen atoms in total. The van der Waals surface area contributed by atoms with Crippen LogP contribution in [0.25, 0.3) is 0 Å². The van der Waals surface area contributed by atoms with Crippen molar-refractivity contribution in [1.82, 2.24) is 15.5 Å². The van der Waals surface area contributed by atoms with E-state index in [0.29, 0.717) is 29.9 Å². The summed E-state index contributed by atoms with van der Waals surface area (Å²) in [6.45, 7) is 9.66. The SMILES string of the molecule is CCNC(=NCCOc1ccccc1Cl)N(C)CC(=O)NC(C)(C)C. The summed E-state index contributed by atoms with van der Waals surface area (Å²) >= 11 is 6.05. The molecule has 0 aromatic heterocycles. The number of para-hydroxylation sites is 1. The molecular weight excluding hydrogens is 340 g/mol. The van der Waals surface area contributed by atoms with Crippen LogP contribution in [0, 0.1) is 0 Å². The Morgan fingerprint density at radius 3 is 2.60 bits per heavy atom. The van der Waals surface area contributed by atoms with Gasteiger partial charge < -0.3 is 20.3 Å². The van der Waals surface area contributed by atoms with Gasteiger partial charge in [0, 0.05) is 19.1 Å². The van der Waals surface area contributed by atoms with Crippen molar-refractivity contribution in [1.29, 1.82) is 0 Å². The monoisotopic (exact) mass is 368 g/mol. The summed E-state index contributed by atoms with van der Waals surface area (Å²) in [5.74, 6) is 1.25. The lowest BCUT2D eigenvalue weighted by Crippen LogP contribution is -2.48.